The van der Waals surface area contributed by atoms with Crippen LogP contribution in [0.4, 0.5) is 0 Å². The van der Waals surface area contributed by atoms with E-state index in [4.69, 9.17) is 0 Å². The van der Waals surface area contributed by atoms with Gasteiger partial charge in [-0.1, -0.05) is 28.1 Å². The molecular formula is C14H19BrN2OS. The molecule has 2 atom stereocenters. The maximum Gasteiger partial charge on any atom is 0.222 e. The highest BCUT2D eigenvalue weighted by Crippen LogP contribution is 2.18. The Balaban J connectivity index is 1.84. The van der Waals surface area contributed by atoms with Gasteiger partial charge in [0.1, 0.15) is 0 Å². The Bertz CT molecular complexity index is 435. The van der Waals surface area contributed by atoms with E-state index in [9.17, 15) is 4.79 Å². The van der Waals surface area contributed by atoms with E-state index in [1.54, 1.807) is 0 Å². The molecule has 3 nitrogen and oxygen atoms in total. The lowest BCUT2D eigenvalue weighted by molar-refractivity contribution is -0.122. The van der Waals surface area contributed by atoms with Crippen LogP contribution in [0.1, 0.15) is 24.9 Å². The normalized spacial score (nSPS) is 20.8. The van der Waals surface area contributed by atoms with Gasteiger partial charge in [-0.15, -0.1) is 0 Å². The molecule has 0 saturated carbocycles. The zero-order valence-electron chi connectivity index (χ0n) is 11.0. The molecule has 1 fully saturated rings. The van der Waals surface area contributed by atoms with Crippen LogP contribution in [0.2, 0.25) is 0 Å². The van der Waals surface area contributed by atoms with Gasteiger partial charge < -0.3 is 10.6 Å². The van der Waals surface area contributed by atoms with Crippen molar-refractivity contribution in [3.63, 3.8) is 0 Å². The van der Waals surface area contributed by atoms with E-state index < -0.39 is 0 Å². The summed E-state index contributed by atoms with van der Waals surface area (Å²) in [5.74, 6) is 2.29. The summed E-state index contributed by atoms with van der Waals surface area (Å²) in [6.45, 7) is 3.02. The van der Waals surface area contributed by atoms with Crippen molar-refractivity contribution >= 4 is 33.6 Å². The van der Waals surface area contributed by atoms with Gasteiger partial charge in [-0.2, -0.15) is 11.8 Å². The summed E-state index contributed by atoms with van der Waals surface area (Å²) in [6, 6.07) is 8.40. The molecule has 0 aliphatic carbocycles. The molecule has 1 heterocycles. The predicted molar refractivity (Wildman–Crippen MR) is 84.4 cm³/mol. The molecule has 0 bridgehead atoms. The monoisotopic (exact) mass is 342 g/mol. The zero-order chi connectivity index (χ0) is 13.7. The quantitative estimate of drug-likeness (QED) is 0.883. The molecule has 0 spiro atoms. The number of thioether (sulfide) groups is 1. The molecule has 0 aromatic heterocycles. The third-order valence-corrected chi connectivity index (χ3v) is 4.78. The Hall–Kier alpha value is -0.520. The lowest BCUT2D eigenvalue weighted by Crippen LogP contribution is -2.41. The number of amides is 1. The highest BCUT2D eigenvalue weighted by molar-refractivity contribution is 9.10. The van der Waals surface area contributed by atoms with Crippen LogP contribution in [0.15, 0.2) is 28.7 Å². The third kappa shape index (κ3) is 4.82. The van der Waals surface area contributed by atoms with Crippen LogP contribution in [-0.2, 0) is 4.79 Å². The molecule has 0 radical (unpaired) electrons. The fraction of sp³-hybridized carbons (Fsp3) is 0.500. The molecule has 1 aromatic carbocycles. The Morgan fingerprint density at radius 1 is 1.63 bits per heavy atom. The minimum Gasteiger partial charge on any atom is -0.350 e. The number of hydrogen-bond acceptors (Lipinski definition) is 3. The third-order valence-electron chi connectivity index (χ3n) is 3.16. The van der Waals surface area contributed by atoms with Gasteiger partial charge >= 0.3 is 0 Å². The van der Waals surface area contributed by atoms with Crippen molar-refractivity contribution in [3.8, 4) is 0 Å². The van der Waals surface area contributed by atoms with E-state index in [0.717, 1.165) is 28.1 Å². The molecule has 2 rings (SSSR count). The zero-order valence-corrected chi connectivity index (χ0v) is 13.4. The van der Waals surface area contributed by atoms with Gasteiger partial charge in [-0.25, -0.2) is 0 Å². The minimum atomic E-state index is 0.0428. The Morgan fingerprint density at radius 2 is 2.47 bits per heavy atom. The number of carbonyl (C=O) groups excluding carboxylic acids is 1. The molecule has 19 heavy (non-hydrogen) atoms. The second-order valence-electron chi connectivity index (χ2n) is 4.77. The first-order valence-electron chi connectivity index (χ1n) is 6.51. The van der Waals surface area contributed by atoms with Crippen LogP contribution >= 0.6 is 27.7 Å². The first-order chi connectivity index (χ1) is 9.15. The molecule has 1 saturated heterocycles. The van der Waals surface area contributed by atoms with Crippen molar-refractivity contribution in [3.05, 3.63) is 34.3 Å². The first-order valence-corrected chi connectivity index (χ1v) is 8.46. The van der Waals surface area contributed by atoms with Crippen molar-refractivity contribution in [1.82, 2.24) is 10.6 Å². The number of benzene rings is 1. The minimum absolute atomic E-state index is 0.0428. The van der Waals surface area contributed by atoms with Crippen molar-refractivity contribution in [2.75, 3.05) is 18.1 Å². The molecule has 1 aromatic rings. The average Bonchev–Trinajstić information content (AvgIpc) is 2.39. The van der Waals surface area contributed by atoms with E-state index in [1.165, 1.54) is 0 Å². The lowest BCUT2D eigenvalue weighted by Gasteiger charge is -2.23. The van der Waals surface area contributed by atoms with Crippen LogP contribution in [0, 0.1) is 0 Å². The van der Waals surface area contributed by atoms with Gasteiger partial charge in [0, 0.05) is 35.0 Å². The first kappa shape index (κ1) is 14.9. The van der Waals surface area contributed by atoms with Crippen LogP contribution in [0.25, 0.3) is 0 Å². The number of nitrogens with one attached hydrogen (secondary N) is 2. The van der Waals surface area contributed by atoms with E-state index >= 15 is 0 Å². The molecule has 1 amide bonds. The molecule has 1 aliphatic rings. The summed E-state index contributed by atoms with van der Waals surface area (Å²) in [5, 5.41) is 6.44. The number of carbonyl (C=O) groups is 1. The van der Waals surface area contributed by atoms with E-state index in [-0.39, 0.29) is 11.9 Å². The summed E-state index contributed by atoms with van der Waals surface area (Å²) in [7, 11) is 0. The Labute approximate surface area is 127 Å². The molecule has 104 valence electrons. The van der Waals surface area contributed by atoms with Gasteiger partial charge in [0.05, 0.1) is 6.04 Å². The number of rotatable bonds is 4. The fourth-order valence-corrected chi connectivity index (χ4v) is 3.50. The maximum atomic E-state index is 12.0. The number of hydrogen-bond donors (Lipinski definition) is 2. The van der Waals surface area contributed by atoms with E-state index in [1.807, 2.05) is 43.0 Å². The lowest BCUT2D eigenvalue weighted by atomic mass is 10.1. The summed E-state index contributed by atoms with van der Waals surface area (Å²) in [4.78, 5) is 12.0. The summed E-state index contributed by atoms with van der Waals surface area (Å²) < 4.78 is 1.04. The van der Waals surface area contributed by atoms with Crippen molar-refractivity contribution < 1.29 is 4.79 Å². The highest BCUT2D eigenvalue weighted by Gasteiger charge is 2.18. The standard InChI is InChI=1S/C14H19BrN2OS/c1-10(11-3-2-4-12(15)7-11)17-14(18)8-13-9-19-6-5-16-13/h2-4,7,10,13,16H,5-6,8-9H2,1H3,(H,17,18)/t10-,13?/m1/s1. The van der Waals surface area contributed by atoms with Gasteiger partial charge in [-0.05, 0) is 24.6 Å². The predicted octanol–water partition coefficient (Wildman–Crippen LogP) is 2.72. The second kappa shape index (κ2) is 7.31. The molecular weight excluding hydrogens is 324 g/mol. The maximum absolute atomic E-state index is 12.0. The van der Waals surface area contributed by atoms with Crippen LogP contribution < -0.4 is 10.6 Å². The van der Waals surface area contributed by atoms with E-state index in [2.05, 4.69) is 26.6 Å². The summed E-state index contributed by atoms with van der Waals surface area (Å²) >= 11 is 5.36. The smallest absolute Gasteiger partial charge is 0.222 e. The fourth-order valence-electron chi connectivity index (χ4n) is 2.13. The average molecular weight is 343 g/mol. The molecule has 1 unspecified atom stereocenters. The second-order valence-corrected chi connectivity index (χ2v) is 6.84. The molecule has 5 heteroatoms. The summed E-state index contributed by atoms with van der Waals surface area (Å²) in [5.41, 5.74) is 1.12. The van der Waals surface area contributed by atoms with Crippen molar-refractivity contribution in [1.29, 1.82) is 0 Å². The largest absolute Gasteiger partial charge is 0.350 e. The van der Waals surface area contributed by atoms with Crippen LogP contribution in [0.3, 0.4) is 0 Å². The van der Waals surface area contributed by atoms with Crippen molar-refractivity contribution in [2.45, 2.75) is 25.4 Å². The van der Waals surface area contributed by atoms with Gasteiger partial charge in [0.2, 0.25) is 5.91 Å². The summed E-state index contributed by atoms with van der Waals surface area (Å²) in [6.07, 6.45) is 0.561. The Morgan fingerprint density at radius 3 is 3.16 bits per heavy atom. The molecule has 2 N–H and O–H groups in total. The SMILES string of the molecule is C[C@@H](NC(=O)CC1CSCCN1)c1cccc(Br)c1. The van der Waals surface area contributed by atoms with Crippen LogP contribution in [0.5, 0.6) is 0 Å². The van der Waals surface area contributed by atoms with Gasteiger partial charge in [0.15, 0.2) is 0 Å². The van der Waals surface area contributed by atoms with Gasteiger partial charge in [0.25, 0.3) is 0 Å². The van der Waals surface area contributed by atoms with Crippen LogP contribution in [-0.4, -0.2) is 30.0 Å². The van der Waals surface area contributed by atoms with Crippen molar-refractivity contribution in [2.24, 2.45) is 0 Å². The van der Waals surface area contributed by atoms with E-state index in [0.29, 0.717) is 12.5 Å². The van der Waals surface area contributed by atoms with Gasteiger partial charge in [-0.3, -0.25) is 4.79 Å². The number of halogens is 1. The Kier molecular flexibility index (Phi) is 5.73. The molecule has 1 aliphatic heterocycles. The topological polar surface area (TPSA) is 41.1 Å². The highest BCUT2D eigenvalue weighted by atomic mass is 79.9.